The monoisotopic (exact) mass is 387 g/mol. The second-order valence-corrected chi connectivity index (χ2v) is 8.72. The molecular formula is C24H28F3N. The molecule has 1 heterocycles. The summed E-state index contributed by atoms with van der Waals surface area (Å²) in [6.45, 7) is 5.42. The van der Waals surface area contributed by atoms with Gasteiger partial charge < -0.3 is 0 Å². The van der Waals surface area contributed by atoms with Crippen LogP contribution in [0.5, 0.6) is 0 Å². The zero-order chi connectivity index (χ0) is 19.9. The van der Waals surface area contributed by atoms with Gasteiger partial charge in [0.05, 0.1) is 5.56 Å². The maximum atomic E-state index is 13.0. The molecule has 0 bridgehead atoms. The predicted octanol–water partition coefficient (Wildman–Crippen LogP) is 6.70. The Bertz CT molecular complexity index is 782. The molecule has 0 amide bonds. The van der Waals surface area contributed by atoms with Gasteiger partial charge in [-0.05, 0) is 53.9 Å². The van der Waals surface area contributed by atoms with E-state index in [2.05, 4.69) is 43.0 Å². The van der Waals surface area contributed by atoms with Crippen LogP contribution in [-0.2, 0) is 12.7 Å². The highest BCUT2D eigenvalue weighted by molar-refractivity contribution is 5.30. The first kappa shape index (κ1) is 19.5. The van der Waals surface area contributed by atoms with E-state index in [1.807, 2.05) is 6.07 Å². The lowest BCUT2D eigenvalue weighted by Gasteiger charge is -2.35. The van der Waals surface area contributed by atoms with Gasteiger partial charge in [-0.3, -0.25) is 4.90 Å². The van der Waals surface area contributed by atoms with Crippen LogP contribution < -0.4 is 0 Å². The van der Waals surface area contributed by atoms with Crippen LogP contribution in [-0.4, -0.2) is 10.9 Å². The van der Waals surface area contributed by atoms with Crippen molar-refractivity contribution in [2.75, 3.05) is 0 Å². The van der Waals surface area contributed by atoms with E-state index in [1.54, 1.807) is 12.1 Å². The van der Waals surface area contributed by atoms with Crippen LogP contribution >= 0.6 is 0 Å². The number of rotatable bonds is 4. The summed E-state index contributed by atoms with van der Waals surface area (Å²) in [6.07, 6.45) is -0.649. The largest absolute Gasteiger partial charge is 0.416 e. The molecule has 0 radical (unpaired) electrons. The van der Waals surface area contributed by atoms with E-state index in [0.717, 1.165) is 12.1 Å². The average Bonchev–Trinajstić information content (AvgIpc) is 3.21. The number of likely N-dealkylation sites (tertiary alicyclic amines) is 1. The third-order valence-electron chi connectivity index (χ3n) is 6.68. The zero-order valence-electron chi connectivity index (χ0n) is 16.5. The molecule has 4 rings (SSSR count). The Kier molecular flexibility index (Phi) is 5.26. The minimum absolute atomic E-state index is 0.197. The van der Waals surface area contributed by atoms with Crippen molar-refractivity contribution in [3.63, 3.8) is 0 Å². The van der Waals surface area contributed by atoms with Crippen molar-refractivity contribution < 1.29 is 13.2 Å². The van der Waals surface area contributed by atoms with E-state index in [0.29, 0.717) is 23.8 Å². The van der Waals surface area contributed by atoms with Crippen molar-refractivity contribution in [1.29, 1.82) is 0 Å². The van der Waals surface area contributed by atoms with Gasteiger partial charge in [-0.15, -0.1) is 0 Å². The first-order chi connectivity index (χ1) is 13.4. The molecule has 0 unspecified atom stereocenters. The van der Waals surface area contributed by atoms with Gasteiger partial charge in [0.25, 0.3) is 0 Å². The molecule has 0 N–H and O–H groups in total. The van der Waals surface area contributed by atoms with E-state index >= 15 is 0 Å². The normalized spacial score (nSPS) is 28.1. The minimum atomic E-state index is -4.28. The van der Waals surface area contributed by atoms with Crippen LogP contribution in [0.15, 0.2) is 54.6 Å². The molecule has 0 spiro atoms. The number of hydrogen-bond acceptors (Lipinski definition) is 1. The summed E-state index contributed by atoms with van der Waals surface area (Å²) < 4.78 is 39.1. The first-order valence-electron chi connectivity index (χ1n) is 10.3. The Morgan fingerprint density at radius 1 is 0.929 bits per heavy atom. The third-order valence-corrected chi connectivity index (χ3v) is 6.68. The highest BCUT2D eigenvalue weighted by Gasteiger charge is 2.51. The fraction of sp³-hybridized carbons (Fsp3) is 0.500. The average molecular weight is 387 g/mol. The molecule has 4 heteroatoms. The maximum absolute atomic E-state index is 13.0. The maximum Gasteiger partial charge on any atom is 0.416 e. The summed E-state index contributed by atoms with van der Waals surface area (Å²) in [4.78, 5) is 2.58. The van der Waals surface area contributed by atoms with Gasteiger partial charge in [0.15, 0.2) is 0 Å². The molecule has 150 valence electrons. The van der Waals surface area contributed by atoms with E-state index < -0.39 is 11.7 Å². The van der Waals surface area contributed by atoms with Crippen molar-refractivity contribution in [2.45, 2.75) is 57.9 Å². The fourth-order valence-electron chi connectivity index (χ4n) is 5.69. The van der Waals surface area contributed by atoms with Crippen LogP contribution in [0.1, 0.15) is 55.8 Å². The number of hydrogen-bond donors (Lipinski definition) is 0. The molecule has 1 nitrogen and oxygen atoms in total. The quantitative estimate of drug-likeness (QED) is 0.564. The Morgan fingerprint density at radius 2 is 1.57 bits per heavy atom. The van der Waals surface area contributed by atoms with E-state index in [4.69, 9.17) is 0 Å². The summed E-state index contributed by atoms with van der Waals surface area (Å²) in [7, 11) is 0. The Hall–Kier alpha value is -1.81. The second kappa shape index (κ2) is 7.55. The minimum Gasteiger partial charge on any atom is -0.288 e. The van der Waals surface area contributed by atoms with Crippen molar-refractivity contribution in [3.8, 4) is 0 Å². The number of nitrogens with zero attached hydrogens (tertiary/aromatic N) is 1. The molecule has 2 aromatic rings. The Morgan fingerprint density at radius 3 is 2.18 bits per heavy atom. The van der Waals surface area contributed by atoms with Gasteiger partial charge in [0, 0.05) is 18.6 Å². The highest BCUT2D eigenvalue weighted by Crippen LogP contribution is 2.55. The summed E-state index contributed by atoms with van der Waals surface area (Å²) in [5, 5.41) is 0. The molecule has 2 aromatic carbocycles. The lowest BCUT2D eigenvalue weighted by Crippen LogP contribution is -2.37. The second-order valence-electron chi connectivity index (χ2n) is 8.72. The summed E-state index contributed by atoms with van der Waals surface area (Å²) in [6, 6.07) is 17.0. The summed E-state index contributed by atoms with van der Waals surface area (Å²) in [5.74, 6) is 1.69. The lowest BCUT2D eigenvalue weighted by atomic mass is 9.84. The SMILES string of the molecule is CC(C)[C@H]1[C@H]2CCC[C@H]2[C@H](c2ccc(C(F)(F)F)cc2)N1Cc1ccccc1. The van der Waals surface area contributed by atoms with Crippen LogP contribution in [0, 0.1) is 17.8 Å². The molecular weight excluding hydrogens is 359 g/mol. The molecule has 0 aromatic heterocycles. The third kappa shape index (κ3) is 3.59. The molecule has 1 saturated heterocycles. The van der Waals surface area contributed by atoms with Crippen LogP contribution in [0.2, 0.25) is 0 Å². The van der Waals surface area contributed by atoms with E-state index in [9.17, 15) is 13.2 Å². The van der Waals surface area contributed by atoms with Crippen LogP contribution in [0.4, 0.5) is 13.2 Å². The molecule has 2 aliphatic rings. The lowest BCUT2D eigenvalue weighted by molar-refractivity contribution is -0.137. The van der Waals surface area contributed by atoms with Gasteiger partial charge in [0.2, 0.25) is 0 Å². The Balaban J connectivity index is 1.71. The van der Waals surface area contributed by atoms with Gasteiger partial charge in [-0.2, -0.15) is 13.2 Å². The van der Waals surface area contributed by atoms with Gasteiger partial charge in [-0.25, -0.2) is 0 Å². The topological polar surface area (TPSA) is 3.24 Å². The van der Waals surface area contributed by atoms with Gasteiger partial charge in [-0.1, -0.05) is 62.7 Å². The van der Waals surface area contributed by atoms with Crippen molar-refractivity contribution in [3.05, 3.63) is 71.3 Å². The highest BCUT2D eigenvalue weighted by atomic mass is 19.4. The van der Waals surface area contributed by atoms with Gasteiger partial charge >= 0.3 is 6.18 Å². The number of alkyl halides is 3. The van der Waals surface area contributed by atoms with Crippen LogP contribution in [0.25, 0.3) is 0 Å². The molecule has 28 heavy (non-hydrogen) atoms. The van der Waals surface area contributed by atoms with Crippen molar-refractivity contribution in [2.24, 2.45) is 17.8 Å². The predicted molar refractivity (Wildman–Crippen MR) is 106 cm³/mol. The Labute approximate surface area is 165 Å². The molecule has 4 atom stereocenters. The number of benzene rings is 2. The standard InChI is InChI=1S/C24H28F3N/c1-16(2)22-20-9-6-10-21(20)23(28(22)15-17-7-4-3-5-8-17)18-11-13-19(14-12-18)24(25,26)27/h3-5,7-8,11-14,16,20-23H,6,9-10,15H2,1-2H3/t20-,21+,22-,23-/m0/s1. The smallest absolute Gasteiger partial charge is 0.288 e. The summed E-state index contributed by atoms with van der Waals surface area (Å²) in [5.41, 5.74) is 1.74. The number of fused-ring (bicyclic) bond motifs is 1. The van der Waals surface area contributed by atoms with E-state index in [-0.39, 0.29) is 6.04 Å². The zero-order valence-corrected chi connectivity index (χ0v) is 16.5. The summed E-state index contributed by atoms with van der Waals surface area (Å²) >= 11 is 0. The van der Waals surface area contributed by atoms with Gasteiger partial charge in [0.1, 0.15) is 0 Å². The number of halogens is 3. The molecule has 1 aliphatic carbocycles. The van der Waals surface area contributed by atoms with Crippen molar-refractivity contribution in [1.82, 2.24) is 4.90 Å². The molecule has 1 aliphatic heterocycles. The molecule has 1 saturated carbocycles. The van der Waals surface area contributed by atoms with Crippen LogP contribution in [0.3, 0.4) is 0 Å². The van der Waals surface area contributed by atoms with E-state index in [1.165, 1.54) is 37.0 Å². The first-order valence-corrected chi connectivity index (χ1v) is 10.3. The molecule has 2 fully saturated rings. The van der Waals surface area contributed by atoms with Crippen molar-refractivity contribution >= 4 is 0 Å². The fourth-order valence-corrected chi connectivity index (χ4v) is 5.69.